The molecule has 0 spiro atoms. The average molecular weight is 637 g/mol. The molecule has 1 atom stereocenters. The van der Waals surface area contributed by atoms with Gasteiger partial charge in [0.05, 0.1) is 10.6 Å². The predicted octanol–water partition coefficient (Wildman–Crippen LogP) is 6.63. The minimum atomic E-state index is -4.19. The van der Waals surface area contributed by atoms with Crippen LogP contribution in [-0.2, 0) is 26.2 Å². The summed E-state index contributed by atoms with van der Waals surface area (Å²) in [6, 6.07) is 16.7. The Labute approximate surface area is 256 Å². The van der Waals surface area contributed by atoms with E-state index in [2.05, 4.69) is 5.32 Å². The summed E-state index contributed by atoms with van der Waals surface area (Å²) in [5.41, 5.74) is 1.59. The van der Waals surface area contributed by atoms with Crippen LogP contribution in [0.15, 0.2) is 71.6 Å². The Balaban J connectivity index is 1.71. The molecule has 1 fully saturated rings. The number of carbonyl (C=O) groups is 2. The van der Waals surface area contributed by atoms with Crippen molar-refractivity contribution in [2.24, 2.45) is 0 Å². The highest BCUT2D eigenvalue weighted by Gasteiger charge is 2.34. The number of nitrogens with one attached hydrogen (secondary N) is 1. The van der Waals surface area contributed by atoms with Crippen molar-refractivity contribution in [1.82, 2.24) is 10.2 Å². The van der Waals surface area contributed by atoms with Crippen LogP contribution in [0.2, 0.25) is 15.1 Å². The van der Waals surface area contributed by atoms with Crippen LogP contribution in [0.1, 0.15) is 43.7 Å². The van der Waals surface area contributed by atoms with E-state index >= 15 is 0 Å². The SMILES string of the molecule is Cc1ccccc1N(CC(=O)N(Cc1ccc(Cl)cc1Cl)[C@H](C)C(=O)NC1CCCC1)S(=O)(=O)c1ccc(Cl)cc1. The van der Waals surface area contributed by atoms with Crippen molar-refractivity contribution in [3.05, 3.63) is 92.9 Å². The summed E-state index contributed by atoms with van der Waals surface area (Å²) in [6.07, 6.45) is 3.85. The summed E-state index contributed by atoms with van der Waals surface area (Å²) >= 11 is 18.5. The number of rotatable bonds is 10. The maximum Gasteiger partial charge on any atom is 0.264 e. The zero-order chi connectivity index (χ0) is 29.7. The van der Waals surface area contributed by atoms with Gasteiger partial charge in [0.2, 0.25) is 11.8 Å². The third kappa shape index (κ3) is 7.55. The zero-order valence-corrected chi connectivity index (χ0v) is 25.9. The van der Waals surface area contributed by atoms with Crippen LogP contribution in [0.5, 0.6) is 0 Å². The summed E-state index contributed by atoms with van der Waals surface area (Å²) < 4.78 is 28.9. The Bertz CT molecular complexity index is 1510. The van der Waals surface area contributed by atoms with Crippen molar-refractivity contribution in [2.75, 3.05) is 10.8 Å². The van der Waals surface area contributed by atoms with Crippen molar-refractivity contribution in [1.29, 1.82) is 0 Å². The van der Waals surface area contributed by atoms with Crippen LogP contribution >= 0.6 is 34.8 Å². The van der Waals surface area contributed by atoms with Gasteiger partial charge in [-0.3, -0.25) is 13.9 Å². The number of amides is 2. The Kier molecular flexibility index (Phi) is 10.2. The normalized spacial score (nSPS) is 14.5. The molecule has 3 aromatic rings. The second-order valence-corrected chi connectivity index (χ2v) is 13.3. The molecule has 1 aliphatic rings. The van der Waals surface area contributed by atoms with E-state index in [1.807, 2.05) is 0 Å². The smallest absolute Gasteiger partial charge is 0.264 e. The van der Waals surface area contributed by atoms with E-state index in [1.165, 1.54) is 29.2 Å². The maximum absolute atomic E-state index is 14.1. The minimum absolute atomic E-state index is 0.0164. The fourth-order valence-electron chi connectivity index (χ4n) is 4.90. The standard InChI is InChI=1S/C30H32Cl3N3O4S/c1-20-7-3-6-10-28(20)36(41(39,40)26-15-13-23(31)14-16-26)19-29(37)35(18-22-11-12-24(32)17-27(22)33)21(2)30(38)34-25-8-4-5-9-25/h3,6-7,10-17,21,25H,4-5,8-9,18-19H2,1-2H3,(H,34,38)/t21-/m1/s1. The number of hydrogen-bond acceptors (Lipinski definition) is 4. The summed E-state index contributed by atoms with van der Waals surface area (Å²) in [7, 11) is -4.19. The Hall–Kier alpha value is -2.78. The van der Waals surface area contributed by atoms with Crippen LogP contribution in [0.3, 0.4) is 0 Å². The van der Waals surface area contributed by atoms with E-state index in [0.29, 0.717) is 31.9 Å². The number of carbonyl (C=O) groups excluding carboxylic acids is 2. The monoisotopic (exact) mass is 635 g/mol. The van der Waals surface area contributed by atoms with Gasteiger partial charge in [0, 0.05) is 27.7 Å². The molecular weight excluding hydrogens is 605 g/mol. The van der Waals surface area contributed by atoms with E-state index in [0.717, 1.165) is 30.0 Å². The lowest BCUT2D eigenvalue weighted by molar-refractivity contribution is -0.139. The van der Waals surface area contributed by atoms with Crippen molar-refractivity contribution in [2.45, 2.75) is 63.1 Å². The average Bonchev–Trinajstić information content (AvgIpc) is 3.44. The van der Waals surface area contributed by atoms with Gasteiger partial charge in [-0.25, -0.2) is 8.42 Å². The molecule has 0 heterocycles. The summed E-state index contributed by atoms with van der Waals surface area (Å²) in [5.74, 6) is -0.871. The number of benzene rings is 3. The lowest BCUT2D eigenvalue weighted by Crippen LogP contribution is -2.52. The first-order valence-electron chi connectivity index (χ1n) is 13.3. The van der Waals surface area contributed by atoms with Gasteiger partial charge >= 0.3 is 0 Å². The van der Waals surface area contributed by atoms with Gasteiger partial charge in [-0.2, -0.15) is 0 Å². The summed E-state index contributed by atoms with van der Waals surface area (Å²) in [5, 5.41) is 4.20. The Morgan fingerprint density at radius 3 is 2.22 bits per heavy atom. The van der Waals surface area contributed by atoms with E-state index < -0.39 is 28.5 Å². The molecule has 0 radical (unpaired) electrons. The highest BCUT2D eigenvalue weighted by atomic mass is 35.5. The quantitative estimate of drug-likeness (QED) is 0.271. The lowest BCUT2D eigenvalue weighted by Gasteiger charge is -2.33. The molecule has 0 aromatic heterocycles. The van der Waals surface area contributed by atoms with Gasteiger partial charge in [0.1, 0.15) is 12.6 Å². The van der Waals surface area contributed by atoms with Crippen molar-refractivity contribution >= 4 is 62.3 Å². The van der Waals surface area contributed by atoms with Gasteiger partial charge in [0.15, 0.2) is 0 Å². The molecule has 0 bridgehead atoms. The van der Waals surface area contributed by atoms with Crippen molar-refractivity contribution in [3.8, 4) is 0 Å². The van der Waals surface area contributed by atoms with E-state index in [-0.39, 0.29) is 23.4 Å². The zero-order valence-electron chi connectivity index (χ0n) is 22.8. The lowest BCUT2D eigenvalue weighted by atomic mass is 10.1. The van der Waals surface area contributed by atoms with Crippen LogP contribution < -0.4 is 9.62 Å². The van der Waals surface area contributed by atoms with Crippen molar-refractivity contribution in [3.63, 3.8) is 0 Å². The number of nitrogens with zero attached hydrogens (tertiary/aromatic N) is 2. The Morgan fingerprint density at radius 1 is 0.951 bits per heavy atom. The van der Waals surface area contributed by atoms with Crippen LogP contribution in [0.25, 0.3) is 0 Å². The fourth-order valence-corrected chi connectivity index (χ4v) is 6.97. The largest absolute Gasteiger partial charge is 0.352 e. The molecule has 11 heteroatoms. The van der Waals surface area contributed by atoms with Crippen LogP contribution in [0, 0.1) is 6.92 Å². The third-order valence-corrected chi connectivity index (χ3v) is 9.90. The molecule has 1 N–H and O–H groups in total. The summed E-state index contributed by atoms with van der Waals surface area (Å²) in [6.45, 7) is 2.85. The van der Waals surface area contributed by atoms with Crippen molar-refractivity contribution < 1.29 is 18.0 Å². The molecule has 0 aliphatic heterocycles. The highest BCUT2D eigenvalue weighted by Crippen LogP contribution is 2.29. The first-order valence-corrected chi connectivity index (χ1v) is 15.9. The minimum Gasteiger partial charge on any atom is -0.352 e. The topological polar surface area (TPSA) is 86.8 Å². The molecule has 218 valence electrons. The molecule has 1 saturated carbocycles. The van der Waals surface area contributed by atoms with Crippen LogP contribution in [-0.4, -0.2) is 43.8 Å². The van der Waals surface area contributed by atoms with Gasteiger partial charge in [-0.05, 0) is 80.3 Å². The number of hydrogen-bond donors (Lipinski definition) is 1. The highest BCUT2D eigenvalue weighted by molar-refractivity contribution is 7.92. The number of sulfonamides is 1. The Morgan fingerprint density at radius 2 is 1.59 bits per heavy atom. The molecule has 3 aromatic carbocycles. The molecule has 41 heavy (non-hydrogen) atoms. The summed E-state index contributed by atoms with van der Waals surface area (Å²) in [4.78, 5) is 28.8. The van der Waals surface area contributed by atoms with E-state index in [4.69, 9.17) is 34.8 Å². The molecule has 1 aliphatic carbocycles. The number of aryl methyl sites for hydroxylation is 1. The molecule has 0 unspecified atom stereocenters. The van der Waals surface area contributed by atoms with Crippen LogP contribution in [0.4, 0.5) is 5.69 Å². The van der Waals surface area contributed by atoms with Gasteiger partial charge in [-0.15, -0.1) is 0 Å². The molecule has 0 saturated heterocycles. The third-order valence-electron chi connectivity index (χ3n) is 7.29. The first-order chi connectivity index (χ1) is 19.5. The number of halogens is 3. The maximum atomic E-state index is 14.1. The molecule has 2 amide bonds. The number of para-hydroxylation sites is 1. The molecule has 7 nitrogen and oxygen atoms in total. The van der Waals surface area contributed by atoms with Gasteiger partial charge < -0.3 is 10.2 Å². The predicted molar refractivity (Wildman–Crippen MR) is 164 cm³/mol. The second-order valence-electron chi connectivity index (χ2n) is 10.2. The van der Waals surface area contributed by atoms with Gasteiger partial charge in [-0.1, -0.05) is 71.9 Å². The second kappa shape index (κ2) is 13.5. The van der Waals surface area contributed by atoms with Gasteiger partial charge in [0.25, 0.3) is 10.0 Å². The molecule has 4 rings (SSSR count). The number of anilines is 1. The van der Waals surface area contributed by atoms with E-state index in [9.17, 15) is 18.0 Å². The molecular formula is C30H32Cl3N3O4S. The first kappa shape index (κ1) is 31.2. The fraction of sp³-hybridized carbons (Fsp3) is 0.333. The van der Waals surface area contributed by atoms with E-state index in [1.54, 1.807) is 56.3 Å².